The minimum absolute atomic E-state index is 0.0300. The maximum absolute atomic E-state index is 13.3. The summed E-state index contributed by atoms with van der Waals surface area (Å²) in [6.07, 6.45) is 5.84. The Kier molecular flexibility index (Phi) is 7.12. The Bertz CT molecular complexity index is 1290. The first-order valence-corrected chi connectivity index (χ1v) is 13.2. The molecule has 3 amide bonds. The molecule has 0 bridgehead atoms. The number of hydrogen-bond acceptors (Lipinski definition) is 3. The summed E-state index contributed by atoms with van der Waals surface area (Å²) >= 11 is 0. The van der Waals surface area contributed by atoms with Crippen molar-refractivity contribution in [2.75, 3.05) is 12.4 Å². The van der Waals surface area contributed by atoms with Crippen LogP contribution in [0.5, 0.6) is 0 Å². The number of aryl methyl sites for hydroxylation is 1. The van der Waals surface area contributed by atoms with Crippen LogP contribution >= 0.6 is 0 Å². The lowest BCUT2D eigenvalue weighted by atomic mass is 9.75. The molecule has 5 rings (SSSR count). The van der Waals surface area contributed by atoms with Crippen molar-refractivity contribution in [3.8, 4) is 0 Å². The van der Waals surface area contributed by atoms with Crippen LogP contribution in [0.25, 0.3) is 10.8 Å². The van der Waals surface area contributed by atoms with E-state index in [1.807, 2.05) is 54.6 Å². The number of likely N-dealkylation sites (N-methyl/N-ethyl adjacent to an activating group) is 1. The third kappa shape index (κ3) is 5.61. The lowest BCUT2D eigenvalue weighted by molar-refractivity contribution is -0.131. The van der Waals surface area contributed by atoms with E-state index in [-0.39, 0.29) is 29.9 Å². The number of anilines is 1. The van der Waals surface area contributed by atoms with E-state index >= 15 is 0 Å². The average Bonchev–Trinajstić information content (AvgIpc) is 3.11. The molecule has 7 heteroatoms. The van der Waals surface area contributed by atoms with Crippen molar-refractivity contribution < 1.29 is 9.59 Å². The smallest absolute Gasteiger partial charge is 0.319 e. The van der Waals surface area contributed by atoms with E-state index in [0.29, 0.717) is 12.8 Å². The summed E-state index contributed by atoms with van der Waals surface area (Å²) in [6.45, 7) is 0. The number of rotatable bonds is 7. The quantitative estimate of drug-likeness (QED) is 0.358. The number of benzene rings is 3. The van der Waals surface area contributed by atoms with Crippen LogP contribution in [0.4, 0.5) is 10.5 Å². The van der Waals surface area contributed by atoms with Gasteiger partial charge < -0.3 is 16.0 Å². The van der Waals surface area contributed by atoms with Crippen LogP contribution in [-0.4, -0.2) is 41.4 Å². The van der Waals surface area contributed by atoms with Gasteiger partial charge >= 0.3 is 6.03 Å². The lowest BCUT2D eigenvalue weighted by Gasteiger charge is -2.36. The molecule has 3 aromatic carbocycles. The highest BCUT2D eigenvalue weighted by atomic mass is 16.2. The lowest BCUT2D eigenvalue weighted by Crippen LogP contribution is -2.50. The number of hydrogen-bond donors (Lipinski definition) is 4. The molecule has 2 aliphatic rings. The maximum atomic E-state index is 13.3. The van der Waals surface area contributed by atoms with Crippen LogP contribution in [-0.2, 0) is 11.2 Å². The van der Waals surface area contributed by atoms with Gasteiger partial charge in [0.05, 0.1) is 0 Å². The van der Waals surface area contributed by atoms with E-state index in [2.05, 4.69) is 34.1 Å². The van der Waals surface area contributed by atoms with E-state index in [1.54, 1.807) is 7.05 Å². The average molecular weight is 498 g/mol. The molecule has 3 atom stereocenters. The van der Waals surface area contributed by atoms with Crippen LogP contribution in [0, 0.1) is 11.3 Å². The molecule has 0 aromatic heterocycles. The normalized spacial score (nSPS) is 23.6. The van der Waals surface area contributed by atoms with Gasteiger partial charge in [0.15, 0.2) is 5.96 Å². The molecule has 1 saturated carbocycles. The van der Waals surface area contributed by atoms with Crippen molar-refractivity contribution in [3.63, 3.8) is 0 Å². The van der Waals surface area contributed by atoms with Crippen molar-refractivity contribution in [1.29, 1.82) is 5.41 Å². The number of nitrogens with zero attached hydrogens (tertiary/aromatic N) is 1. The second-order valence-corrected chi connectivity index (χ2v) is 10.5. The monoisotopic (exact) mass is 497 g/mol. The highest BCUT2D eigenvalue weighted by Gasteiger charge is 2.49. The molecule has 37 heavy (non-hydrogen) atoms. The van der Waals surface area contributed by atoms with E-state index in [1.165, 1.54) is 10.5 Å². The van der Waals surface area contributed by atoms with Gasteiger partial charge in [-0.2, -0.15) is 0 Å². The van der Waals surface area contributed by atoms with Crippen molar-refractivity contribution in [2.45, 2.75) is 56.5 Å². The maximum Gasteiger partial charge on any atom is 0.319 e. The van der Waals surface area contributed by atoms with E-state index in [4.69, 9.17) is 5.41 Å². The van der Waals surface area contributed by atoms with Gasteiger partial charge in [-0.15, -0.1) is 0 Å². The first kappa shape index (κ1) is 24.8. The van der Waals surface area contributed by atoms with Crippen LogP contribution in [0.1, 0.15) is 44.1 Å². The molecule has 2 fully saturated rings. The molecule has 192 valence electrons. The van der Waals surface area contributed by atoms with Gasteiger partial charge in [-0.3, -0.25) is 15.1 Å². The molecule has 1 aliphatic carbocycles. The number of carbonyl (C=O) groups is 2. The SMILES string of the molecule is CN1C(=N)N[C@](CCc2ccccc2)(C[C@H]2CCC[C@@H](NC(=O)Nc3ccc4ccccc4c3)C2)C1=O. The van der Waals surface area contributed by atoms with Gasteiger partial charge in [0.25, 0.3) is 5.91 Å². The number of amides is 3. The van der Waals surface area contributed by atoms with Gasteiger partial charge in [-0.05, 0) is 66.5 Å². The number of nitrogens with one attached hydrogen (secondary N) is 4. The van der Waals surface area contributed by atoms with Crippen molar-refractivity contribution in [3.05, 3.63) is 78.4 Å². The zero-order valence-electron chi connectivity index (χ0n) is 21.3. The van der Waals surface area contributed by atoms with Crippen LogP contribution < -0.4 is 16.0 Å². The zero-order chi connectivity index (χ0) is 25.8. The number of carbonyl (C=O) groups excluding carboxylic acids is 2. The highest BCUT2D eigenvalue weighted by molar-refractivity contribution is 6.07. The molecule has 1 heterocycles. The van der Waals surface area contributed by atoms with Gasteiger partial charge in [0.1, 0.15) is 5.54 Å². The first-order chi connectivity index (χ1) is 17.9. The fraction of sp³-hybridized carbons (Fsp3) is 0.367. The molecular weight excluding hydrogens is 462 g/mol. The third-order valence-electron chi connectivity index (χ3n) is 7.85. The second-order valence-electron chi connectivity index (χ2n) is 10.5. The second kappa shape index (κ2) is 10.6. The molecule has 7 nitrogen and oxygen atoms in total. The van der Waals surface area contributed by atoms with Crippen molar-refractivity contribution >= 4 is 34.4 Å². The molecule has 1 saturated heterocycles. The Labute approximate surface area is 218 Å². The van der Waals surface area contributed by atoms with E-state index in [0.717, 1.165) is 48.6 Å². The predicted octanol–water partition coefficient (Wildman–Crippen LogP) is 5.28. The summed E-state index contributed by atoms with van der Waals surface area (Å²) in [6, 6.07) is 24.0. The molecule has 3 aromatic rings. The molecule has 1 aliphatic heterocycles. The Morgan fingerprint density at radius 2 is 1.81 bits per heavy atom. The predicted molar refractivity (Wildman–Crippen MR) is 148 cm³/mol. The molecule has 0 spiro atoms. The number of guanidine groups is 1. The molecule has 0 unspecified atom stereocenters. The Balaban J connectivity index is 1.22. The van der Waals surface area contributed by atoms with Gasteiger partial charge in [0, 0.05) is 18.8 Å². The summed E-state index contributed by atoms with van der Waals surface area (Å²) < 4.78 is 0. The largest absolute Gasteiger partial charge is 0.342 e. The Morgan fingerprint density at radius 1 is 1.05 bits per heavy atom. The highest BCUT2D eigenvalue weighted by Crippen LogP contribution is 2.36. The standard InChI is InChI=1S/C30H35N5O2/c1-35-27(36)30(34-28(35)31,17-16-21-8-3-2-4-9-21)20-22-10-7-13-25(18-22)32-29(37)33-26-15-14-23-11-5-6-12-24(23)19-26/h2-6,8-9,11-12,14-15,19,22,25H,7,10,13,16-18,20H2,1H3,(H2,31,34)(H2,32,33,37)/t22-,25+,30+/m0/s1. The van der Waals surface area contributed by atoms with Crippen LogP contribution in [0.2, 0.25) is 0 Å². The van der Waals surface area contributed by atoms with Crippen molar-refractivity contribution in [2.24, 2.45) is 5.92 Å². The van der Waals surface area contributed by atoms with Gasteiger partial charge in [0.2, 0.25) is 0 Å². The minimum Gasteiger partial charge on any atom is -0.342 e. The van der Waals surface area contributed by atoms with Crippen LogP contribution in [0.15, 0.2) is 72.8 Å². The molecule has 0 radical (unpaired) electrons. The van der Waals surface area contributed by atoms with E-state index < -0.39 is 5.54 Å². The van der Waals surface area contributed by atoms with E-state index in [9.17, 15) is 9.59 Å². The molecular formula is C30H35N5O2. The summed E-state index contributed by atoms with van der Waals surface area (Å²) in [5.41, 5.74) is 1.18. The first-order valence-electron chi connectivity index (χ1n) is 13.2. The van der Waals surface area contributed by atoms with Gasteiger partial charge in [-0.25, -0.2) is 4.79 Å². The molecule has 4 N–H and O–H groups in total. The summed E-state index contributed by atoms with van der Waals surface area (Å²) in [5, 5.41) is 19.9. The third-order valence-corrected chi connectivity index (χ3v) is 7.85. The Hall–Kier alpha value is -3.87. The topological polar surface area (TPSA) is 97.3 Å². The Morgan fingerprint density at radius 3 is 2.57 bits per heavy atom. The minimum atomic E-state index is -0.776. The fourth-order valence-corrected chi connectivity index (χ4v) is 5.92. The van der Waals surface area contributed by atoms with Crippen LogP contribution in [0.3, 0.4) is 0 Å². The summed E-state index contributed by atoms with van der Waals surface area (Å²) in [5.74, 6) is 0.419. The fourth-order valence-electron chi connectivity index (χ4n) is 5.92. The number of fused-ring (bicyclic) bond motifs is 1. The van der Waals surface area contributed by atoms with Crippen molar-refractivity contribution in [1.82, 2.24) is 15.5 Å². The zero-order valence-corrected chi connectivity index (χ0v) is 21.3. The summed E-state index contributed by atoms with van der Waals surface area (Å²) in [4.78, 5) is 27.6. The van der Waals surface area contributed by atoms with Gasteiger partial charge in [-0.1, -0.05) is 73.5 Å². The summed E-state index contributed by atoms with van der Waals surface area (Å²) in [7, 11) is 1.67. The number of urea groups is 1.